The minimum atomic E-state index is 0.113. The van der Waals surface area contributed by atoms with Crippen LogP contribution in [0.5, 0.6) is 5.88 Å². The van der Waals surface area contributed by atoms with E-state index in [1.54, 1.807) is 13.3 Å². The van der Waals surface area contributed by atoms with Gasteiger partial charge in [-0.2, -0.15) is 4.98 Å². The van der Waals surface area contributed by atoms with E-state index >= 15 is 0 Å². The molecule has 0 saturated carbocycles. The standard InChI is InChI=1S/C20H23N5O3/c1-26-11-12-27-18-13-15(7-9-22-18)19-23-20(28-24-19)17-6-4-10-25(17)14-16-5-2-3-8-21-16/h2-3,5,7-9,13,17H,4,6,10-12,14H2,1H3/t17-/m1/s1. The molecule has 0 unspecified atom stereocenters. The number of methoxy groups -OCH3 is 1. The van der Waals surface area contributed by atoms with Crippen LogP contribution in [-0.4, -0.2) is 51.9 Å². The van der Waals surface area contributed by atoms with Crippen molar-refractivity contribution in [1.82, 2.24) is 25.0 Å². The molecule has 1 atom stereocenters. The van der Waals surface area contributed by atoms with E-state index in [0.29, 0.717) is 30.8 Å². The Kier molecular flexibility index (Phi) is 5.89. The van der Waals surface area contributed by atoms with E-state index < -0.39 is 0 Å². The van der Waals surface area contributed by atoms with E-state index in [2.05, 4.69) is 25.0 Å². The Hall–Kier alpha value is -2.84. The highest BCUT2D eigenvalue weighted by Crippen LogP contribution is 2.33. The second kappa shape index (κ2) is 8.90. The summed E-state index contributed by atoms with van der Waals surface area (Å²) in [6.45, 7) is 2.71. The summed E-state index contributed by atoms with van der Waals surface area (Å²) in [5, 5.41) is 4.17. The lowest BCUT2D eigenvalue weighted by Crippen LogP contribution is -2.23. The molecule has 8 heteroatoms. The zero-order chi connectivity index (χ0) is 19.2. The summed E-state index contributed by atoms with van der Waals surface area (Å²) >= 11 is 0. The van der Waals surface area contributed by atoms with Crippen molar-refractivity contribution >= 4 is 0 Å². The molecule has 0 bridgehead atoms. The summed E-state index contributed by atoms with van der Waals surface area (Å²) in [6, 6.07) is 9.74. The fourth-order valence-corrected chi connectivity index (χ4v) is 3.34. The van der Waals surface area contributed by atoms with Gasteiger partial charge in [0.15, 0.2) is 0 Å². The largest absolute Gasteiger partial charge is 0.475 e. The van der Waals surface area contributed by atoms with Crippen LogP contribution in [0.3, 0.4) is 0 Å². The minimum absolute atomic E-state index is 0.113. The van der Waals surface area contributed by atoms with Crippen LogP contribution in [0.4, 0.5) is 0 Å². The van der Waals surface area contributed by atoms with Gasteiger partial charge in [-0.3, -0.25) is 9.88 Å². The van der Waals surface area contributed by atoms with Gasteiger partial charge in [-0.15, -0.1) is 0 Å². The minimum Gasteiger partial charge on any atom is -0.475 e. The second-order valence-electron chi connectivity index (χ2n) is 6.63. The van der Waals surface area contributed by atoms with Gasteiger partial charge in [-0.25, -0.2) is 4.98 Å². The van der Waals surface area contributed by atoms with Gasteiger partial charge >= 0.3 is 0 Å². The number of rotatable bonds is 8. The van der Waals surface area contributed by atoms with Crippen LogP contribution in [0, 0.1) is 0 Å². The maximum absolute atomic E-state index is 5.60. The van der Waals surface area contributed by atoms with Crippen LogP contribution in [0.25, 0.3) is 11.4 Å². The van der Waals surface area contributed by atoms with Crippen molar-refractivity contribution < 1.29 is 14.0 Å². The monoisotopic (exact) mass is 381 g/mol. The molecular formula is C20H23N5O3. The molecule has 4 rings (SSSR count). The van der Waals surface area contributed by atoms with Crippen molar-refractivity contribution in [3.05, 3.63) is 54.3 Å². The highest BCUT2D eigenvalue weighted by molar-refractivity contribution is 5.55. The van der Waals surface area contributed by atoms with Gasteiger partial charge in [0.2, 0.25) is 17.6 Å². The average Bonchev–Trinajstić information content (AvgIpc) is 3.39. The summed E-state index contributed by atoms with van der Waals surface area (Å²) < 4.78 is 16.2. The normalized spacial score (nSPS) is 17.1. The molecular weight excluding hydrogens is 358 g/mol. The van der Waals surface area contributed by atoms with Crippen molar-refractivity contribution in [2.75, 3.05) is 26.9 Å². The lowest BCUT2D eigenvalue weighted by atomic mass is 10.2. The molecule has 0 aromatic carbocycles. The van der Waals surface area contributed by atoms with Gasteiger partial charge in [0.05, 0.1) is 18.3 Å². The first-order chi connectivity index (χ1) is 13.8. The smallest absolute Gasteiger partial charge is 0.244 e. The van der Waals surface area contributed by atoms with Gasteiger partial charge in [-0.1, -0.05) is 11.2 Å². The van der Waals surface area contributed by atoms with Crippen LogP contribution >= 0.6 is 0 Å². The van der Waals surface area contributed by atoms with Crippen LogP contribution in [0.1, 0.15) is 30.5 Å². The number of hydrogen-bond acceptors (Lipinski definition) is 8. The van der Waals surface area contributed by atoms with Crippen molar-refractivity contribution in [2.45, 2.75) is 25.4 Å². The Labute approximate surface area is 163 Å². The molecule has 28 heavy (non-hydrogen) atoms. The predicted octanol–water partition coefficient (Wildman–Crippen LogP) is 2.89. The number of hydrogen-bond donors (Lipinski definition) is 0. The van der Waals surface area contributed by atoms with Crippen LogP contribution in [0.2, 0.25) is 0 Å². The zero-order valence-corrected chi connectivity index (χ0v) is 15.8. The van der Waals surface area contributed by atoms with E-state index in [1.165, 1.54) is 0 Å². The van der Waals surface area contributed by atoms with Crippen LogP contribution < -0.4 is 4.74 Å². The Morgan fingerprint density at radius 2 is 2.14 bits per heavy atom. The highest BCUT2D eigenvalue weighted by atomic mass is 16.5. The summed E-state index contributed by atoms with van der Waals surface area (Å²) in [5.74, 6) is 1.69. The molecule has 1 aliphatic rings. The van der Waals surface area contributed by atoms with Gasteiger partial charge in [0, 0.05) is 37.7 Å². The van der Waals surface area contributed by atoms with Crippen molar-refractivity contribution in [3.8, 4) is 17.3 Å². The fourth-order valence-electron chi connectivity index (χ4n) is 3.34. The third-order valence-corrected chi connectivity index (χ3v) is 4.71. The average molecular weight is 381 g/mol. The Balaban J connectivity index is 1.47. The number of likely N-dealkylation sites (tertiary alicyclic amines) is 1. The molecule has 4 heterocycles. The molecule has 1 aliphatic heterocycles. The SMILES string of the molecule is COCCOc1cc(-c2noc([C@H]3CCCN3Cc3ccccn3)n2)ccn1. The maximum atomic E-state index is 5.60. The summed E-state index contributed by atoms with van der Waals surface area (Å²) in [4.78, 5) is 15.6. The molecule has 1 fully saturated rings. The van der Waals surface area contributed by atoms with Gasteiger partial charge in [-0.05, 0) is 37.6 Å². The third kappa shape index (κ3) is 4.35. The van der Waals surface area contributed by atoms with Gasteiger partial charge in [0.1, 0.15) is 6.61 Å². The Bertz CT molecular complexity index is 886. The molecule has 0 amide bonds. The molecule has 0 spiro atoms. The summed E-state index contributed by atoms with van der Waals surface area (Å²) in [6.07, 6.45) is 5.59. The first kappa shape index (κ1) is 18.5. The van der Waals surface area contributed by atoms with E-state index in [0.717, 1.165) is 37.2 Å². The van der Waals surface area contributed by atoms with Crippen LogP contribution in [-0.2, 0) is 11.3 Å². The van der Waals surface area contributed by atoms with Gasteiger partial charge in [0.25, 0.3) is 0 Å². The number of pyridine rings is 2. The third-order valence-electron chi connectivity index (χ3n) is 4.71. The molecule has 8 nitrogen and oxygen atoms in total. The van der Waals surface area contributed by atoms with Crippen molar-refractivity contribution in [3.63, 3.8) is 0 Å². The molecule has 1 saturated heterocycles. The fraction of sp³-hybridized carbons (Fsp3) is 0.400. The number of ether oxygens (including phenoxy) is 2. The topological polar surface area (TPSA) is 86.4 Å². The predicted molar refractivity (Wildman–Crippen MR) is 102 cm³/mol. The highest BCUT2D eigenvalue weighted by Gasteiger charge is 2.31. The lowest BCUT2D eigenvalue weighted by molar-refractivity contribution is 0.144. The van der Waals surface area contributed by atoms with E-state index in [-0.39, 0.29) is 6.04 Å². The van der Waals surface area contributed by atoms with E-state index in [1.807, 2.05) is 36.5 Å². The molecule has 0 aliphatic carbocycles. The second-order valence-corrected chi connectivity index (χ2v) is 6.63. The first-order valence-electron chi connectivity index (χ1n) is 9.39. The Morgan fingerprint density at radius 3 is 3.00 bits per heavy atom. The summed E-state index contributed by atoms with van der Waals surface area (Å²) in [5.41, 5.74) is 1.85. The maximum Gasteiger partial charge on any atom is 0.244 e. The molecule has 3 aromatic heterocycles. The molecule has 146 valence electrons. The quantitative estimate of drug-likeness (QED) is 0.551. The lowest BCUT2D eigenvalue weighted by Gasteiger charge is -2.20. The number of nitrogens with zero attached hydrogens (tertiary/aromatic N) is 5. The van der Waals surface area contributed by atoms with Crippen molar-refractivity contribution in [2.24, 2.45) is 0 Å². The molecule has 0 radical (unpaired) electrons. The Morgan fingerprint density at radius 1 is 1.18 bits per heavy atom. The van der Waals surface area contributed by atoms with Crippen LogP contribution in [0.15, 0.2) is 47.2 Å². The molecule has 0 N–H and O–H groups in total. The number of aromatic nitrogens is 4. The van der Waals surface area contributed by atoms with E-state index in [4.69, 9.17) is 14.0 Å². The zero-order valence-electron chi connectivity index (χ0n) is 15.8. The van der Waals surface area contributed by atoms with Gasteiger partial charge < -0.3 is 14.0 Å². The first-order valence-corrected chi connectivity index (χ1v) is 9.39. The van der Waals surface area contributed by atoms with Crippen molar-refractivity contribution in [1.29, 1.82) is 0 Å². The molecule has 3 aromatic rings. The summed E-state index contributed by atoms with van der Waals surface area (Å²) in [7, 11) is 1.63. The van der Waals surface area contributed by atoms with E-state index in [9.17, 15) is 0 Å².